The van der Waals surface area contributed by atoms with Crippen molar-refractivity contribution in [2.45, 2.75) is 81.2 Å². The predicted molar refractivity (Wildman–Crippen MR) is 134 cm³/mol. The monoisotopic (exact) mass is 530 g/mol. The van der Waals surface area contributed by atoms with Gasteiger partial charge in [0.1, 0.15) is 4.75 Å². The lowest BCUT2D eigenvalue weighted by atomic mass is 10.1. The Hall–Kier alpha value is -2.76. The summed E-state index contributed by atoms with van der Waals surface area (Å²) in [6, 6.07) is 7.77. The number of halogens is 3. The summed E-state index contributed by atoms with van der Waals surface area (Å²) in [5, 5.41) is 16.4. The van der Waals surface area contributed by atoms with Gasteiger partial charge in [0.25, 0.3) is 5.56 Å². The molecule has 0 fully saturated rings. The van der Waals surface area contributed by atoms with E-state index < -0.39 is 34.6 Å². The molecule has 1 heterocycles. The fourth-order valence-corrected chi connectivity index (χ4v) is 5.01. The first kappa shape index (κ1) is 29.5. The molecule has 0 amide bonds. The van der Waals surface area contributed by atoms with Crippen molar-refractivity contribution >= 4 is 23.5 Å². The summed E-state index contributed by atoms with van der Waals surface area (Å²) >= 11 is 1.34. The van der Waals surface area contributed by atoms with Crippen LogP contribution in [-0.2, 0) is 24.8 Å². The lowest BCUT2D eigenvalue weighted by Gasteiger charge is -2.23. The Kier molecular flexibility index (Phi) is 10.6. The SMILES string of the molecule is CCCC(C)(Sc1cccc(CCCCNc2nn(C)c(=O)n(CCCC(F)(F)F)c2=O)c1)C(=O)O. The lowest BCUT2D eigenvalue weighted by Crippen LogP contribution is -2.42. The molecule has 8 nitrogen and oxygen atoms in total. The molecule has 2 aromatic rings. The molecule has 0 aliphatic heterocycles. The third-order valence-electron chi connectivity index (χ3n) is 5.65. The smallest absolute Gasteiger partial charge is 0.389 e. The maximum atomic E-state index is 12.5. The van der Waals surface area contributed by atoms with E-state index in [-0.39, 0.29) is 18.8 Å². The van der Waals surface area contributed by atoms with Gasteiger partial charge in [-0.05, 0) is 56.7 Å². The van der Waals surface area contributed by atoms with Crippen LogP contribution in [0.2, 0.25) is 0 Å². The molecule has 36 heavy (non-hydrogen) atoms. The summed E-state index contributed by atoms with van der Waals surface area (Å²) in [4.78, 5) is 37.3. The van der Waals surface area contributed by atoms with Crippen LogP contribution in [-0.4, -0.2) is 42.9 Å². The molecule has 0 spiro atoms. The van der Waals surface area contributed by atoms with Gasteiger partial charge in [-0.1, -0.05) is 25.5 Å². The Bertz CT molecular complexity index is 1150. The number of unbranched alkanes of at least 4 members (excludes halogenated alkanes) is 1. The minimum absolute atomic E-state index is 0.0774. The molecule has 12 heteroatoms. The lowest BCUT2D eigenvalue weighted by molar-refractivity contribution is -0.139. The Labute approximate surface area is 211 Å². The number of aromatic nitrogens is 3. The van der Waals surface area contributed by atoms with Gasteiger partial charge in [0.15, 0.2) is 0 Å². The summed E-state index contributed by atoms with van der Waals surface area (Å²) in [6.07, 6.45) is -2.28. The number of nitrogens with one attached hydrogen (secondary N) is 1. The molecule has 1 atom stereocenters. The van der Waals surface area contributed by atoms with Crippen LogP contribution in [0.3, 0.4) is 0 Å². The highest BCUT2D eigenvalue weighted by Gasteiger charge is 2.33. The molecule has 0 bridgehead atoms. The van der Waals surface area contributed by atoms with E-state index in [0.29, 0.717) is 19.4 Å². The largest absolute Gasteiger partial charge is 0.480 e. The average molecular weight is 531 g/mol. The first-order valence-corrected chi connectivity index (χ1v) is 12.7. The van der Waals surface area contributed by atoms with Crippen molar-refractivity contribution in [1.29, 1.82) is 0 Å². The normalized spacial score (nSPS) is 13.4. The van der Waals surface area contributed by atoms with E-state index >= 15 is 0 Å². The van der Waals surface area contributed by atoms with Gasteiger partial charge >= 0.3 is 17.8 Å². The Morgan fingerprint density at radius 2 is 1.89 bits per heavy atom. The van der Waals surface area contributed by atoms with Crippen molar-refractivity contribution < 1.29 is 23.1 Å². The second-order valence-electron chi connectivity index (χ2n) is 8.85. The van der Waals surface area contributed by atoms with Gasteiger partial charge in [0, 0.05) is 31.5 Å². The average Bonchev–Trinajstić information content (AvgIpc) is 2.78. The van der Waals surface area contributed by atoms with Gasteiger partial charge in [-0.15, -0.1) is 16.9 Å². The zero-order valence-corrected chi connectivity index (χ0v) is 21.5. The molecule has 2 N–H and O–H groups in total. The van der Waals surface area contributed by atoms with Crippen molar-refractivity contribution in [2.24, 2.45) is 7.05 Å². The minimum Gasteiger partial charge on any atom is -0.480 e. The second kappa shape index (κ2) is 13.0. The molecule has 2 rings (SSSR count). The molecule has 0 saturated carbocycles. The van der Waals surface area contributed by atoms with Crippen molar-refractivity contribution in [1.82, 2.24) is 14.3 Å². The molecular weight excluding hydrogens is 497 g/mol. The second-order valence-corrected chi connectivity index (χ2v) is 10.4. The zero-order chi connectivity index (χ0) is 26.9. The molecule has 0 aliphatic rings. The number of hydrogen-bond acceptors (Lipinski definition) is 6. The summed E-state index contributed by atoms with van der Waals surface area (Å²) < 4.78 is 38.1. The van der Waals surface area contributed by atoms with E-state index in [9.17, 15) is 32.7 Å². The van der Waals surface area contributed by atoms with Crippen molar-refractivity contribution in [3.8, 4) is 0 Å². The molecule has 1 aromatic carbocycles. The number of carbonyl (C=O) groups is 1. The van der Waals surface area contributed by atoms with Crippen LogP contribution in [0.1, 0.15) is 57.9 Å². The highest BCUT2D eigenvalue weighted by atomic mass is 32.2. The zero-order valence-electron chi connectivity index (χ0n) is 20.7. The number of anilines is 1. The summed E-state index contributed by atoms with van der Waals surface area (Å²) in [5.74, 6) is -0.913. The van der Waals surface area contributed by atoms with E-state index in [2.05, 4.69) is 10.4 Å². The minimum atomic E-state index is -4.35. The Balaban J connectivity index is 1.92. The molecule has 1 unspecified atom stereocenters. The molecular formula is C24H33F3N4O4S. The standard InChI is InChI=1S/C24H33F3N4O4S/c1-4-12-23(2,21(33)34)36-18-11-7-10-17(16-18)9-5-6-14-28-19-20(32)31(22(35)30(3)29-19)15-8-13-24(25,26)27/h7,10-11,16H,4-6,8-9,12-15H2,1-3H3,(H,28,29)(H,33,34). The number of thioether (sulfide) groups is 1. The molecule has 0 aliphatic carbocycles. The van der Waals surface area contributed by atoms with Gasteiger partial charge in [-0.3, -0.25) is 14.2 Å². The van der Waals surface area contributed by atoms with Gasteiger partial charge < -0.3 is 10.4 Å². The molecule has 1 aromatic heterocycles. The van der Waals surface area contributed by atoms with Gasteiger partial charge in [-0.25, -0.2) is 9.48 Å². The van der Waals surface area contributed by atoms with Crippen LogP contribution < -0.4 is 16.6 Å². The Morgan fingerprint density at radius 1 is 1.17 bits per heavy atom. The van der Waals surface area contributed by atoms with Crippen molar-refractivity contribution in [2.75, 3.05) is 11.9 Å². The third kappa shape index (κ3) is 8.72. The highest BCUT2D eigenvalue weighted by Crippen LogP contribution is 2.37. The van der Waals surface area contributed by atoms with Gasteiger partial charge in [0.05, 0.1) is 0 Å². The van der Waals surface area contributed by atoms with E-state index in [4.69, 9.17) is 0 Å². The number of aryl methyl sites for hydroxylation is 2. The molecule has 0 radical (unpaired) electrons. The number of carboxylic acid groups (broad SMARTS) is 1. The number of benzene rings is 1. The Morgan fingerprint density at radius 3 is 2.53 bits per heavy atom. The van der Waals surface area contributed by atoms with Crippen LogP contribution >= 0.6 is 11.8 Å². The maximum Gasteiger partial charge on any atom is 0.389 e. The predicted octanol–water partition coefficient (Wildman–Crippen LogP) is 4.45. The maximum absolute atomic E-state index is 12.5. The number of alkyl halides is 3. The van der Waals surface area contributed by atoms with Crippen molar-refractivity contribution in [3.63, 3.8) is 0 Å². The summed E-state index contributed by atoms with van der Waals surface area (Å²) in [5.41, 5.74) is -0.432. The van der Waals surface area contributed by atoms with Crippen LogP contribution in [0.25, 0.3) is 0 Å². The van der Waals surface area contributed by atoms with Crippen LogP contribution in [0.4, 0.5) is 19.0 Å². The van der Waals surface area contributed by atoms with E-state index in [0.717, 1.165) is 39.0 Å². The topological polar surface area (TPSA) is 106 Å². The first-order chi connectivity index (χ1) is 16.9. The summed E-state index contributed by atoms with van der Waals surface area (Å²) in [6.45, 7) is 3.75. The van der Waals surface area contributed by atoms with Gasteiger partial charge in [-0.2, -0.15) is 13.2 Å². The molecule has 0 saturated heterocycles. The third-order valence-corrected chi connectivity index (χ3v) is 6.97. The van der Waals surface area contributed by atoms with Crippen molar-refractivity contribution in [3.05, 3.63) is 50.7 Å². The van der Waals surface area contributed by atoms with Crippen LogP contribution in [0.5, 0.6) is 0 Å². The van der Waals surface area contributed by atoms with Crippen LogP contribution in [0.15, 0.2) is 38.8 Å². The summed E-state index contributed by atoms with van der Waals surface area (Å²) in [7, 11) is 1.34. The van der Waals surface area contributed by atoms with Gasteiger partial charge in [0.2, 0.25) is 5.82 Å². The van der Waals surface area contributed by atoms with Crippen LogP contribution in [0, 0.1) is 0 Å². The number of carboxylic acids is 1. The van der Waals surface area contributed by atoms with E-state index in [1.165, 1.54) is 18.8 Å². The number of nitrogens with zero attached hydrogens (tertiary/aromatic N) is 3. The number of hydrogen-bond donors (Lipinski definition) is 2. The quantitative estimate of drug-likeness (QED) is 0.274. The number of aliphatic carboxylic acids is 1. The van der Waals surface area contributed by atoms with E-state index in [1.54, 1.807) is 6.92 Å². The fourth-order valence-electron chi connectivity index (χ4n) is 3.73. The first-order valence-electron chi connectivity index (χ1n) is 11.9. The van der Waals surface area contributed by atoms with E-state index in [1.807, 2.05) is 31.2 Å². The fraction of sp³-hybridized carbons (Fsp3) is 0.583. The highest BCUT2D eigenvalue weighted by molar-refractivity contribution is 8.01. The molecule has 200 valence electrons. The number of rotatable bonds is 14.